The third-order valence-corrected chi connectivity index (χ3v) is 3.88. The van der Waals surface area contributed by atoms with Gasteiger partial charge < -0.3 is 18.9 Å². The number of hydrogen-bond donors (Lipinski definition) is 0. The second-order valence-electron chi connectivity index (χ2n) is 5.56. The summed E-state index contributed by atoms with van der Waals surface area (Å²) in [6, 6.07) is 13.1. The molecule has 0 bridgehead atoms. The number of ether oxygens (including phenoxy) is 4. The fourth-order valence-corrected chi connectivity index (χ4v) is 2.54. The number of carbonyl (C=O) groups is 1. The Morgan fingerprint density at radius 2 is 1.56 bits per heavy atom. The van der Waals surface area contributed by atoms with E-state index in [1.165, 1.54) is 14.2 Å². The van der Waals surface area contributed by atoms with Crippen LogP contribution in [0.15, 0.2) is 59.2 Å². The van der Waals surface area contributed by atoms with Gasteiger partial charge in [0.2, 0.25) is 5.90 Å². The summed E-state index contributed by atoms with van der Waals surface area (Å²) in [5.41, 5.74) is 1.78. The Morgan fingerprint density at radius 1 is 0.889 bits per heavy atom. The highest BCUT2D eigenvalue weighted by Crippen LogP contribution is 2.36. The summed E-state index contributed by atoms with van der Waals surface area (Å²) in [6.45, 7) is 0. The molecular formula is C21H19NO5. The van der Waals surface area contributed by atoms with Gasteiger partial charge in [0.15, 0.2) is 17.2 Å². The molecule has 1 aliphatic heterocycles. The lowest BCUT2D eigenvalue weighted by Crippen LogP contribution is -2.01. The molecule has 0 amide bonds. The van der Waals surface area contributed by atoms with Crippen LogP contribution in [0.5, 0.6) is 17.2 Å². The molecule has 6 nitrogen and oxygen atoms in total. The number of aliphatic imine (C=N–C) groups is 1. The molecule has 0 aliphatic carbocycles. The molecule has 27 heavy (non-hydrogen) atoms. The van der Waals surface area contributed by atoms with Crippen molar-refractivity contribution >= 4 is 24.0 Å². The van der Waals surface area contributed by atoms with Gasteiger partial charge in [-0.1, -0.05) is 30.3 Å². The third kappa shape index (κ3) is 4.17. The molecular weight excluding hydrogens is 346 g/mol. The fourth-order valence-electron chi connectivity index (χ4n) is 2.54. The molecule has 0 N–H and O–H groups in total. The monoisotopic (exact) mass is 365 g/mol. The maximum atomic E-state index is 12.1. The van der Waals surface area contributed by atoms with Crippen LogP contribution in [0, 0.1) is 0 Å². The van der Waals surface area contributed by atoms with Gasteiger partial charge in [-0.05, 0) is 23.8 Å². The van der Waals surface area contributed by atoms with Gasteiger partial charge in [0.25, 0.3) is 0 Å². The van der Waals surface area contributed by atoms with E-state index in [0.717, 1.165) is 5.56 Å². The number of methoxy groups -OCH3 is 3. The van der Waals surface area contributed by atoms with Gasteiger partial charge >= 0.3 is 5.97 Å². The van der Waals surface area contributed by atoms with Crippen molar-refractivity contribution in [1.82, 2.24) is 0 Å². The number of cyclic esters (lactones) is 1. The van der Waals surface area contributed by atoms with Gasteiger partial charge in [-0.2, -0.15) is 0 Å². The molecule has 0 radical (unpaired) electrons. The van der Waals surface area contributed by atoms with Gasteiger partial charge in [-0.25, -0.2) is 9.79 Å². The van der Waals surface area contributed by atoms with Crippen molar-refractivity contribution in [1.29, 1.82) is 0 Å². The number of rotatable bonds is 6. The molecule has 0 saturated heterocycles. The smallest absolute Gasteiger partial charge is 0.363 e. The van der Waals surface area contributed by atoms with Crippen molar-refractivity contribution in [2.45, 2.75) is 0 Å². The van der Waals surface area contributed by atoms with Gasteiger partial charge in [-0.3, -0.25) is 0 Å². The summed E-state index contributed by atoms with van der Waals surface area (Å²) in [4.78, 5) is 16.4. The van der Waals surface area contributed by atoms with Gasteiger partial charge in [0, 0.05) is 17.7 Å². The van der Waals surface area contributed by atoms with Gasteiger partial charge in [-0.15, -0.1) is 0 Å². The molecule has 0 atom stereocenters. The molecule has 0 fully saturated rings. The van der Waals surface area contributed by atoms with Crippen molar-refractivity contribution in [3.8, 4) is 17.2 Å². The maximum absolute atomic E-state index is 12.1. The summed E-state index contributed by atoms with van der Waals surface area (Å²) >= 11 is 0. The van der Waals surface area contributed by atoms with Crippen LogP contribution in [0.2, 0.25) is 0 Å². The summed E-state index contributed by atoms with van der Waals surface area (Å²) in [5, 5.41) is 0. The molecule has 6 heteroatoms. The maximum Gasteiger partial charge on any atom is 0.363 e. The summed E-state index contributed by atoms with van der Waals surface area (Å²) in [5.74, 6) is 1.27. The van der Waals surface area contributed by atoms with Crippen LogP contribution in [0.25, 0.3) is 12.2 Å². The highest BCUT2D eigenvalue weighted by Gasteiger charge is 2.22. The zero-order valence-electron chi connectivity index (χ0n) is 15.3. The van der Waals surface area contributed by atoms with E-state index < -0.39 is 5.97 Å². The normalized spacial score (nSPS) is 15.0. The van der Waals surface area contributed by atoms with Crippen molar-refractivity contribution in [2.24, 2.45) is 4.99 Å². The minimum absolute atomic E-state index is 0.174. The number of hydrogen-bond acceptors (Lipinski definition) is 6. The zero-order chi connectivity index (χ0) is 19.2. The topological polar surface area (TPSA) is 66.3 Å². The van der Waals surface area contributed by atoms with Crippen LogP contribution < -0.4 is 14.2 Å². The molecule has 2 aromatic rings. The molecule has 1 aliphatic rings. The minimum Gasteiger partial charge on any atom is -0.496 e. The van der Waals surface area contributed by atoms with E-state index in [1.807, 2.05) is 36.4 Å². The first-order chi connectivity index (χ1) is 13.1. The third-order valence-electron chi connectivity index (χ3n) is 3.88. The molecule has 2 aromatic carbocycles. The fraction of sp³-hybridized carbons (Fsp3) is 0.143. The number of esters is 1. The van der Waals surface area contributed by atoms with Crippen molar-refractivity contribution in [3.05, 3.63) is 65.4 Å². The molecule has 0 spiro atoms. The summed E-state index contributed by atoms with van der Waals surface area (Å²) < 4.78 is 21.1. The van der Waals surface area contributed by atoms with E-state index in [4.69, 9.17) is 18.9 Å². The van der Waals surface area contributed by atoms with Crippen LogP contribution in [-0.4, -0.2) is 33.2 Å². The molecule has 1 heterocycles. The van der Waals surface area contributed by atoms with Crippen LogP contribution in [0.3, 0.4) is 0 Å². The summed E-state index contributed by atoms with van der Waals surface area (Å²) in [7, 11) is 4.61. The lowest BCUT2D eigenvalue weighted by Gasteiger charge is -2.12. The van der Waals surface area contributed by atoms with Crippen LogP contribution >= 0.6 is 0 Å². The van der Waals surface area contributed by atoms with Gasteiger partial charge in [0.1, 0.15) is 5.75 Å². The Kier molecular flexibility index (Phi) is 5.56. The molecule has 0 saturated carbocycles. The minimum atomic E-state index is -0.528. The Bertz CT molecular complexity index is 929. The number of carbonyl (C=O) groups excluding carboxylic acids is 1. The Balaban J connectivity index is 1.91. The SMILES string of the molecule is COc1cc(OC)c(OC)cc1/C=C1N=C(/C=C/c2ccccc2)OC/1=O. The lowest BCUT2D eigenvalue weighted by atomic mass is 10.1. The Labute approximate surface area is 157 Å². The molecule has 138 valence electrons. The lowest BCUT2D eigenvalue weighted by molar-refractivity contribution is -0.129. The first-order valence-corrected chi connectivity index (χ1v) is 8.20. The van der Waals surface area contributed by atoms with Gasteiger partial charge in [0.05, 0.1) is 21.3 Å². The highest BCUT2D eigenvalue weighted by atomic mass is 16.6. The predicted octanol–water partition coefficient (Wildman–Crippen LogP) is 3.72. The number of nitrogens with zero attached hydrogens (tertiary/aromatic N) is 1. The Hall–Kier alpha value is -3.54. The quantitative estimate of drug-likeness (QED) is 0.577. The average molecular weight is 365 g/mol. The molecule has 0 unspecified atom stereocenters. The molecule has 3 rings (SSSR count). The average Bonchev–Trinajstić information content (AvgIpc) is 3.06. The zero-order valence-corrected chi connectivity index (χ0v) is 15.3. The van der Waals surface area contributed by atoms with E-state index >= 15 is 0 Å². The van der Waals surface area contributed by atoms with Crippen molar-refractivity contribution < 1.29 is 23.7 Å². The van der Waals surface area contributed by atoms with Crippen LogP contribution in [0.4, 0.5) is 0 Å². The van der Waals surface area contributed by atoms with Crippen LogP contribution in [-0.2, 0) is 9.53 Å². The van der Waals surface area contributed by atoms with E-state index in [-0.39, 0.29) is 11.6 Å². The van der Waals surface area contributed by atoms with Crippen molar-refractivity contribution in [2.75, 3.05) is 21.3 Å². The van der Waals surface area contributed by atoms with E-state index in [2.05, 4.69) is 4.99 Å². The second-order valence-corrected chi connectivity index (χ2v) is 5.56. The Morgan fingerprint density at radius 3 is 2.22 bits per heavy atom. The predicted molar refractivity (Wildman–Crippen MR) is 103 cm³/mol. The van der Waals surface area contributed by atoms with Crippen molar-refractivity contribution in [3.63, 3.8) is 0 Å². The first-order valence-electron chi connectivity index (χ1n) is 8.20. The number of benzene rings is 2. The standard InChI is InChI=1S/C21H19NO5/c1-24-17-13-19(26-3)18(25-2)12-15(17)11-16-21(23)27-20(22-16)10-9-14-7-5-4-6-8-14/h4-13H,1-3H3/b10-9+,16-11+. The van der Waals surface area contributed by atoms with E-state index in [1.54, 1.807) is 31.4 Å². The second kappa shape index (κ2) is 8.23. The largest absolute Gasteiger partial charge is 0.496 e. The highest BCUT2D eigenvalue weighted by molar-refractivity contribution is 6.11. The van der Waals surface area contributed by atoms with Crippen LogP contribution in [0.1, 0.15) is 11.1 Å². The summed E-state index contributed by atoms with van der Waals surface area (Å²) in [6.07, 6.45) is 5.07. The molecule has 0 aromatic heterocycles. The first kappa shape index (κ1) is 18.3. The van der Waals surface area contributed by atoms with E-state index in [9.17, 15) is 4.79 Å². The van der Waals surface area contributed by atoms with E-state index in [0.29, 0.717) is 22.8 Å².